The molecule has 0 radical (unpaired) electrons. The molecule has 116 valence electrons. The van der Waals surface area contributed by atoms with Crippen LogP contribution in [0.1, 0.15) is 28.4 Å². The maximum atomic E-state index is 13.7. The molecular formula is C13H14F2O6. The minimum atomic E-state index is -1.72. The first-order valence-corrected chi connectivity index (χ1v) is 5.82. The molecule has 21 heavy (non-hydrogen) atoms. The number of halogens is 2. The van der Waals surface area contributed by atoms with Gasteiger partial charge in [0.2, 0.25) is 0 Å². The fraction of sp³-hybridized carbons (Fsp3) is 0.385. The van der Waals surface area contributed by atoms with Crippen molar-refractivity contribution in [3.05, 3.63) is 34.9 Å². The Morgan fingerprint density at radius 2 is 1.67 bits per heavy atom. The third kappa shape index (κ3) is 3.96. The maximum absolute atomic E-state index is 13.7. The van der Waals surface area contributed by atoms with Crippen LogP contribution in [0.15, 0.2) is 12.1 Å². The van der Waals surface area contributed by atoms with Crippen molar-refractivity contribution < 1.29 is 38.1 Å². The van der Waals surface area contributed by atoms with Crippen molar-refractivity contribution in [2.75, 3.05) is 14.2 Å². The van der Waals surface area contributed by atoms with Crippen LogP contribution >= 0.6 is 0 Å². The molecule has 1 rings (SSSR count). The van der Waals surface area contributed by atoms with Crippen LogP contribution in [-0.2, 0) is 14.3 Å². The van der Waals surface area contributed by atoms with Crippen LogP contribution in [0.5, 0.6) is 0 Å². The average Bonchev–Trinajstić information content (AvgIpc) is 2.44. The summed E-state index contributed by atoms with van der Waals surface area (Å²) in [5, 5.41) is 19.4. The lowest BCUT2D eigenvalue weighted by Crippen LogP contribution is -2.23. The molecule has 0 aliphatic heterocycles. The van der Waals surface area contributed by atoms with Crippen LogP contribution < -0.4 is 0 Å². The van der Waals surface area contributed by atoms with Gasteiger partial charge in [0.25, 0.3) is 0 Å². The fourth-order valence-corrected chi connectivity index (χ4v) is 1.65. The van der Waals surface area contributed by atoms with Gasteiger partial charge in [-0.25, -0.2) is 13.6 Å². The predicted molar refractivity (Wildman–Crippen MR) is 65.3 cm³/mol. The van der Waals surface area contributed by atoms with Gasteiger partial charge in [-0.1, -0.05) is 0 Å². The smallest absolute Gasteiger partial charge is 0.343 e. The van der Waals surface area contributed by atoms with Crippen molar-refractivity contribution >= 4 is 11.9 Å². The summed E-state index contributed by atoms with van der Waals surface area (Å²) >= 11 is 0. The van der Waals surface area contributed by atoms with E-state index in [1.54, 1.807) is 0 Å². The van der Waals surface area contributed by atoms with Crippen molar-refractivity contribution in [1.82, 2.24) is 0 Å². The highest BCUT2D eigenvalue weighted by atomic mass is 19.1. The second-order valence-corrected chi connectivity index (χ2v) is 4.14. The number of carbonyl (C=O) groups is 2. The van der Waals surface area contributed by atoms with Crippen molar-refractivity contribution in [2.45, 2.75) is 18.6 Å². The van der Waals surface area contributed by atoms with Crippen molar-refractivity contribution in [2.24, 2.45) is 0 Å². The maximum Gasteiger partial charge on any atom is 0.343 e. The van der Waals surface area contributed by atoms with Crippen molar-refractivity contribution in [3.8, 4) is 0 Å². The first-order chi connectivity index (χ1) is 9.81. The number of carbonyl (C=O) groups excluding carboxylic acids is 2. The standard InChI is InChI=1S/C13H14F2O6/c1-20-10(17)5-9(16)12(18)6-3-7(14)11(8(15)4-6)13(19)21-2/h3-4,9,12,16,18H,5H2,1-2H3. The average molecular weight is 304 g/mol. The van der Waals surface area contributed by atoms with E-state index in [1.165, 1.54) is 0 Å². The molecule has 1 aromatic rings. The molecule has 2 unspecified atom stereocenters. The molecule has 6 nitrogen and oxygen atoms in total. The zero-order valence-corrected chi connectivity index (χ0v) is 11.3. The van der Waals surface area contributed by atoms with Crippen LogP contribution in [0.2, 0.25) is 0 Å². The summed E-state index contributed by atoms with van der Waals surface area (Å²) in [5.41, 5.74) is -1.23. The molecule has 0 spiro atoms. The monoisotopic (exact) mass is 304 g/mol. The molecule has 0 saturated heterocycles. The van der Waals surface area contributed by atoms with Crippen molar-refractivity contribution in [3.63, 3.8) is 0 Å². The van der Waals surface area contributed by atoms with E-state index < -0.39 is 47.8 Å². The van der Waals surface area contributed by atoms with E-state index in [0.29, 0.717) is 12.1 Å². The van der Waals surface area contributed by atoms with Gasteiger partial charge >= 0.3 is 11.9 Å². The minimum absolute atomic E-state index is 0.325. The Labute approximate surface area is 118 Å². The molecule has 0 saturated carbocycles. The van der Waals surface area contributed by atoms with E-state index in [9.17, 15) is 28.6 Å². The molecule has 0 aliphatic carbocycles. The predicted octanol–water partition coefficient (Wildman–Crippen LogP) is 0.709. The van der Waals surface area contributed by atoms with Gasteiger partial charge in [0.15, 0.2) is 0 Å². The van der Waals surface area contributed by atoms with Gasteiger partial charge in [-0.2, -0.15) is 0 Å². The number of hydrogen-bond donors (Lipinski definition) is 2. The second kappa shape index (κ2) is 7.09. The van der Waals surface area contributed by atoms with Crippen LogP contribution in [0.25, 0.3) is 0 Å². The fourth-order valence-electron chi connectivity index (χ4n) is 1.65. The lowest BCUT2D eigenvalue weighted by atomic mass is 10.00. The van der Waals surface area contributed by atoms with Crippen LogP contribution in [0.4, 0.5) is 8.78 Å². The Kier molecular flexibility index (Phi) is 5.74. The van der Waals surface area contributed by atoms with E-state index >= 15 is 0 Å². The number of aliphatic hydroxyl groups is 2. The quantitative estimate of drug-likeness (QED) is 0.778. The summed E-state index contributed by atoms with van der Waals surface area (Å²) in [7, 11) is 2.05. The number of rotatable bonds is 5. The minimum Gasteiger partial charge on any atom is -0.469 e. The number of aliphatic hydroxyl groups excluding tert-OH is 2. The summed E-state index contributed by atoms with van der Waals surface area (Å²) in [6.45, 7) is 0. The molecule has 2 N–H and O–H groups in total. The number of benzene rings is 1. The van der Waals surface area contributed by atoms with E-state index in [-0.39, 0.29) is 5.56 Å². The Bertz CT molecular complexity index is 522. The van der Waals surface area contributed by atoms with E-state index in [4.69, 9.17) is 0 Å². The first-order valence-electron chi connectivity index (χ1n) is 5.82. The molecule has 8 heteroatoms. The molecule has 0 heterocycles. The van der Waals surface area contributed by atoms with Gasteiger partial charge in [0.05, 0.1) is 26.7 Å². The SMILES string of the molecule is COC(=O)CC(O)C(O)c1cc(F)c(C(=O)OC)c(F)c1. The normalized spacial score (nSPS) is 13.4. The molecule has 0 amide bonds. The Balaban J connectivity index is 3.04. The van der Waals surface area contributed by atoms with Gasteiger partial charge in [0.1, 0.15) is 23.3 Å². The van der Waals surface area contributed by atoms with Crippen LogP contribution in [0.3, 0.4) is 0 Å². The Hall–Kier alpha value is -2.06. The number of methoxy groups -OCH3 is 2. The highest BCUT2D eigenvalue weighted by Gasteiger charge is 2.26. The summed E-state index contributed by atoms with van der Waals surface area (Å²) in [6, 6.07) is 1.36. The van der Waals surface area contributed by atoms with Gasteiger partial charge in [-0.3, -0.25) is 4.79 Å². The Morgan fingerprint density at radius 1 is 1.14 bits per heavy atom. The topological polar surface area (TPSA) is 93.1 Å². The number of esters is 2. The third-order valence-electron chi connectivity index (χ3n) is 2.76. The second-order valence-electron chi connectivity index (χ2n) is 4.14. The number of ether oxygens (including phenoxy) is 2. The Morgan fingerprint density at radius 3 is 2.10 bits per heavy atom. The molecular weight excluding hydrogens is 290 g/mol. The highest BCUT2D eigenvalue weighted by Crippen LogP contribution is 2.24. The van der Waals surface area contributed by atoms with Gasteiger partial charge in [0, 0.05) is 0 Å². The van der Waals surface area contributed by atoms with Gasteiger partial charge < -0.3 is 19.7 Å². The van der Waals surface area contributed by atoms with Crippen LogP contribution in [-0.4, -0.2) is 42.5 Å². The first kappa shape index (κ1) is 17.0. The van der Waals surface area contributed by atoms with E-state index in [1.807, 2.05) is 0 Å². The zero-order chi connectivity index (χ0) is 16.2. The zero-order valence-electron chi connectivity index (χ0n) is 11.3. The summed E-state index contributed by atoms with van der Waals surface area (Å²) in [6.07, 6.45) is -3.89. The summed E-state index contributed by atoms with van der Waals surface area (Å²) in [5.74, 6) is -4.50. The van der Waals surface area contributed by atoms with E-state index in [0.717, 1.165) is 14.2 Å². The van der Waals surface area contributed by atoms with E-state index in [2.05, 4.69) is 9.47 Å². The third-order valence-corrected chi connectivity index (χ3v) is 2.76. The van der Waals surface area contributed by atoms with Crippen molar-refractivity contribution in [1.29, 1.82) is 0 Å². The highest BCUT2D eigenvalue weighted by molar-refractivity contribution is 5.90. The molecule has 2 atom stereocenters. The van der Waals surface area contributed by atoms with Gasteiger partial charge in [-0.05, 0) is 17.7 Å². The molecule has 1 aromatic carbocycles. The lowest BCUT2D eigenvalue weighted by Gasteiger charge is -2.18. The van der Waals surface area contributed by atoms with Gasteiger partial charge in [-0.15, -0.1) is 0 Å². The largest absolute Gasteiger partial charge is 0.469 e. The van der Waals surface area contributed by atoms with Crippen LogP contribution in [0, 0.1) is 11.6 Å². The summed E-state index contributed by atoms with van der Waals surface area (Å²) < 4.78 is 35.9. The molecule has 0 aliphatic rings. The molecule has 0 bridgehead atoms. The molecule has 0 aromatic heterocycles. The number of hydrogen-bond acceptors (Lipinski definition) is 6. The molecule has 0 fully saturated rings. The summed E-state index contributed by atoms with van der Waals surface area (Å²) in [4.78, 5) is 22.2. The lowest BCUT2D eigenvalue weighted by molar-refractivity contribution is -0.144.